The van der Waals surface area contributed by atoms with Crippen LogP contribution in [0, 0.1) is 5.82 Å². The summed E-state index contributed by atoms with van der Waals surface area (Å²) in [6, 6.07) is 3.87. The molecule has 3 heterocycles. The van der Waals surface area contributed by atoms with Crippen LogP contribution in [-0.4, -0.2) is 49.2 Å². The predicted octanol–water partition coefficient (Wildman–Crippen LogP) is 3.71. The molecule has 0 amide bonds. The topological polar surface area (TPSA) is 97.0 Å². The van der Waals surface area contributed by atoms with Crippen molar-refractivity contribution in [3.63, 3.8) is 0 Å². The van der Waals surface area contributed by atoms with Gasteiger partial charge in [0.1, 0.15) is 16.9 Å². The molecule has 0 aliphatic rings. The first-order valence-electron chi connectivity index (χ1n) is 9.39. The van der Waals surface area contributed by atoms with E-state index in [1.807, 2.05) is 6.92 Å². The number of hydrogen-bond acceptors (Lipinski definition) is 7. The number of benzene rings is 1. The van der Waals surface area contributed by atoms with E-state index in [0.29, 0.717) is 16.6 Å². The second-order valence-corrected chi connectivity index (χ2v) is 7.00. The van der Waals surface area contributed by atoms with Gasteiger partial charge in [0, 0.05) is 11.2 Å². The van der Waals surface area contributed by atoms with Gasteiger partial charge in [-0.25, -0.2) is 18.9 Å². The molecule has 0 spiro atoms. The van der Waals surface area contributed by atoms with Crippen molar-refractivity contribution < 1.29 is 18.7 Å². The molecule has 4 aromatic rings. The van der Waals surface area contributed by atoms with Crippen molar-refractivity contribution in [3.8, 4) is 11.8 Å². The maximum Gasteiger partial charge on any atom is 0.341 e. The number of aromatic nitrogens is 6. The van der Waals surface area contributed by atoms with Crippen molar-refractivity contribution in [1.82, 2.24) is 29.5 Å². The quantitative estimate of drug-likeness (QED) is 0.389. The predicted molar refractivity (Wildman–Crippen MR) is 121 cm³/mol. The Bertz CT molecular complexity index is 1280. The second-order valence-electron chi connectivity index (χ2n) is 6.59. The molecule has 1 aromatic carbocycles. The highest BCUT2D eigenvalue weighted by Gasteiger charge is 2.21. The zero-order valence-electron chi connectivity index (χ0n) is 17.4. The number of hydrogen-bond donors (Lipinski definition) is 0. The number of rotatable bonds is 6. The standard InChI is InChI=1S/C20H18ClFN6O3.H2S/c1-4-31-19(29)12-8-23-27(10-12)20-25-16-9-24-28(17(16)18(26-20)30-3)11(2)14-6-5-13(22)7-15(14)21;/h5-11H,4H2,1-3H3;1H2/t11-;/m0./s1. The Morgan fingerprint density at radius 1 is 1.25 bits per heavy atom. The van der Waals surface area contributed by atoms with Crippen LogP contribution in [0.25, 0.3) is 17.0 Å². The molecule has 0 radical (unpaired) electrons. The summed E-state index contributed by atoms with van der Waals surface area (Å²) in [5, 5.41) is 8.84. The number of carbonyl (C=O) groups excluding carboxylic acids is 1. The lowest BCUT2D eigenvalue weighted by Gasteiger charge is -2.16. The fraction of sp³-hybridized carbons (Fsp3) is 0.250. The lowest BCUT2D eigenvalue weighted by molar-refractivity contribution is 0.0526. The third kappa shape index (κ3) is 4.26. The molecule has 168 valence electrons. The molecule has 0 bridgehead atoms. The maximum absolute atomic E-state index is 13.4. The summed E-state index contributed by atoms with van der Waals surface area (Å²) < 4.78 is 26.9. The Morgan fingerprint density at radius 2 is 2.03 bits per heavy atom. The minimum absolute atomic E-state index is 0. The van der Waals surface area contributed by atoms with Gasteiger partial charge < -0.3 is 9.47 Å². The molecule has 0 saturated heterocycles. The van der Waals surface area contributed by atoms with Gasteiger partial charge in [-0.3, -0.25) is 4.68 Å². The molecular formula is C20H20ClFN6O3S. The summed E-state index contributed by atoms with van der Waals surface area (Å²) >= 11 is 6.23. The van der Waals surface area contributed by atoms with Crippen LogP contribution in [0.2, 0.25) is 5.02 Å². The van der Waals surface area contributed by atoms with E-state index >= 15 is 0 Å². The van der Waals surface area contributed by atoms with E-state index in [1.165, 1.54) is 36.3 Å². The highest BCUT2D eigenvalue weighted by molar-refractivity contribution is 7.59. The van der Waals surface area contributed by atoms with Gasteiger partial charge in [0.2, 0.25) is 5.88 Å². The molecule has 0 aliphatic carbocycles. The smallest absolute Gasteiger partial charge is 0.341 e. The van der Waals surface area contributed by atoms with Crippen molar-refractivity contribution in [2.24, 2.45) is 0 Å². The highest BCUT2D eigenvalue weighted by Crippen LogP contribution is 2.31. The monoisotopic (exact) mass is 478 g/mol. The number of nitrogens with zero attached hydrogens (tertiary/aromatic N) is 6. The Kier molecular flexibility index (Phi) is 6.99. The van der Waals surface area contributed by atoms with E-state index in [2.05, 4.69) is 20.2 Å². The van der Waals surface area contributed by atoms with Gasteiger partial charge >= 0.3 is 5.97 Å². The SMILES string of the molecule is CCOC(=O)c1cnn(-c2nc(OC)c3c(cnn3[C@@H](C)c3ccc(F)cc3Cl)n2)c1.S. The Balaban J connectivity index is 0.00000289. The molecule has 0 unspecified atom stereocenters. The summed E-state index contributed by atoms with van der Waals surface area (Å²) in [7, 11) is 1.48. The molecule has 0 N–H and O–H groups in total. The van der Waals surface area contributed by atoms with E-state index < -0.39 is 11.8 Å². The van der Waals surface area contributed by atoms with Crippen LogP contribution in [0.1, 0.15) is 35.8 Å². The van der Waals surface area contributed by atoms with Gasteiger partial charge in [-0.05, 0) is 31.5 Å². The largest absolute Gasteiger partial charge is 0.479 e. The third-order valence-electron chi connectivity index (χ3n) is 4.67. The summed E-state index contributed by atoms with van der Waals surface area (Å²) in [4.78, 5) is 20.8. The van der Waals surface area contributed by atoms with E-state index in [9.17, 15) is 9.18 Å². The van der Waals surface area contributed by atoms with E-state index in [4.69, 9.17) is 21.1 Å². The van der Waals surface area contributed by atoms with Crippen molar-refractivity contribution in [2.75, 3.05) is 13.7 Å². The van der Waals surface area contributed by atoms with E-state index in [1.54, 1.807) is 23.9 Å². The first kappa shape index (κ1) is 23.5. The van der Waals surface area contributed by atoms with Crippen LogP contribution in [-0.2, 0) is 4.74 Å². The number of esters is 1. The summed E-state index contributed by atoms with van der Waals surface area (Å²) in [5.41, 5.74) is 2.00. The van der Waals surface area contributed by atoms with Crippen LogP contribution in [0.3, 0.4) is 0 Å². The van der Waals surface area contributed by atoms with E-state index in [0.717, 1.165) is 0 Å². The minimum atomic E-state index is -0.486. The van der Waals surface area contributed by atoms with Crippen LogP contribution in [0.5, 0.6) is 5.88 Å². The molecule has 0 saturated carbocycles. The molecule has 12 heteroatoms. The zero-order valence-corrected chi connectivity index (χ0v) is 19.2. The normalized spacial score (nSPS) is 11.8. The second kappa shape index (κ2) is 9.53. The number of halogens is 2. The fourth-order valence-electron chi connectivity index (χ4n) is 3.18. The lowest BCUT2D eigenvalue weighted by Crippen LogP contribution is -2.11. The van der Waals surface area contributed by atoms with Crippen LogP contribution in [0.4, 0.5) is 4.39 Å². The Labute approximate surface area is 194 Å². The number of methoxy groups -OCH3 is 1. The van der Waals surface area contributed by atoms with E-state index in [-0.39, 0.29) is 48.6 Å². The number of carbonyl (C=O) groups is 1. The Morgan fingerprint density at radius 3 is 2.72 bits per heavy atom. The van der Waals surface area contributed by atoms with Gasteiger partial charge in [-0.15, -0.1) is 0 Å². The van der Waals surface area contributed by atoms with Crippen molar-refractivity contribution in [3.05, 3.63) is 58.8 Å². The van der Waals surface area contributed by atoms with Crippen LogP contribution < -0.4 is 4.74 Å². The first-order valence-corrected chi connectivity index (χ1v) is 9.77. The fourth-order valence-corrected chi connectivity index (χ4v) is 3.51. The number of ether oxygens (including phenoxy) is 2. The molecule has 9 nitrogen and oxygen atoms in total. The van der Waals surface area contributed by atoms with Gasteiger partial charge in [0.25, 0.3) is 5.95 Å². The van der Waals surface area contributed by atoms with Crippen LogP contribution in [0.15, 0.2) is 36.8 Å². The van der Waals surface area contributed by atoms with Gasteiger partial charge in [0.15, 0.2) is 0 Å². The molecule has 3 aromatic heterocycles. The first-order chi connectivity index (χ1) is 14.9. The average molecular weight is 479 g/mol. The minimum Gasteiger partial charge on any atom is -0.479 e. The summed E-state index contributed by atoms with van der Waals surface area (Å²) in [6.07, 6.45) is 4.41. The van der Waals surface area contributed by atoms with Crippen molar-refractivity contribution in [1.29, 1.82) is 0 Å². The maximum atomic E-state index is 13.4. The molecule has 0 fully saturated rings. The van der Waals surface area contributed by atoms with Gasteiger partial charge in [-0.2, -0.15) is 28.7 Å². The average Bonchev–Trinajstić information content (AvgIpc) is 3.40. The molecule has 0 aliphatic heterocycles. The molecule has 1 atom stereocenters. The number of fused-ring (bicyclic) bond motifs is 1. The van der Waals surface area contributed by atoms with Crippen molar-refractivity contribution in [2.45, 2.75) is 19.9 Å². The molecule has 4 rings (SSSR count). The summed E-state index contributed by atoms with van der Waals surface area (Å²) in [6.45, 7) is 3.86. The lowest BCUT2D eigenvalue weighted by atomic mass is 10.1. The molecular weight excluding hydrogens is 459 g/mol. The zero-order chi connectivity index (χ0) is 22.1. The Hall–Kier alpha value is -3.18. The van der Waals surface area contributed by atoms with Gasteiger partial charge in [-0.1, -0.05) is 17.7 Å². The highest BCUT2D eigenvalue weighted by atomic mass is 35.5. The van der Waals surface area contributed by atoms with Crippen molar-refractivity contribution >= 4 is 42.1 Å². The third-order valence-corrected chi connectivity index (χ3v) is 5.00. The molecule has 32 heavy (non-hydrogen) atoms. The summed E-state index contributed by atoms with van der Waals surface area (Å²) in [5.74, 6) is -0.444. The van der Waals surface area contributed by atoms with Gasteiger partial charge in [0.05, 0.1) is 37.7 Å². The van der Waals surface area contributed by atoms with Crippen LogP contribution >= 0.6 is 25.1 Å².